The number of hydrogen-bond donors (Lipinski definition) is 2. The maximum atomic E-state index is 14.9. The summed E-state index contributed by atoms with van der Waals surface area (Å²) in [6.07, 6.45) is 0.297. The van der Waals surface area contributed by atoms with E-state index in [-0.39, 0.29) is 11.5 Å². The number of halogens is 3. The molecule has 5 rings (SSSR count). The molecule has 1 amide bonds. The van der Waals surface area contributed by atoms with Gasteiger partial charge in [0.1, 0.15) is 29.8 Å². The number of aliphatic hydroxyl groups excluding tert-OH is 1. The van der Waals surface area contributed by atoms with Gasteiger partial charge in [0.25, 0.3) is 6.43 Å². The number of aliphatic hydroxyl groups is 1. The van der Waals surface area contributed by atoms with Crippen molar-refractivity contribution in [3.8, 4) is 5.75 Å². The van der Waals surface area contributed by atoms with Crippen molar-refractivity contribution in [2.45, 2.75) is 39.2 Å². The largest absolute Gasteiger partial charge is 0.492 e. The van der Waals surface area contributed by atoms with Crippen molar-refractivity contribution in [3.63, 3.8) is 0 Å². The molecular weight excluding hydrogens is 485 g/mol. The number of ether oxygens (including phenoxy) is 1. The zero-order valence-corrected chi connectivity index (χ0v) is 20.5. The molecular formula is C27H27F3N4O3. The van der Waals surface area contributed by atoms with Gasteiger partial charge in [-0.1, -0.05) is 24.3 Å². The van der Waals surface area contributed by atoms with Gasteiger partial charge in [-0.25, -0.2) is 23.1 Å². The van der Waals surface area contributed by atoms with Crippen LogP contribution in [-0.4, -0.2) is 52.2 Å². The van der Waals surface area contributed by atoms with Crippen LogP contribution < -0.4 is 10.1 Å². The van der Waals surface area contributed by atoms with Crippen molar-refractivity contribution in [2.75, 3.05) is 31.6 Å². The first kappa shape index (κ1) is 25.0. The Bertz CT molecular complexity index is 1410. The Morgan fingerprint density at radius 3 is 2.73 bits per heavy atom. The average Bonchev–Trinajstić information content (AvgIpc) is 3.38. The minimum absolute atomic E-state index is 0.121. The lowest BCUT2D eigenvalue weighted by Crippen LogP contribution is -2.36. The predicted octanol–water partition coefficient (Wildman–Crippen LogP) is 4.73. The molecule has 0 unspecified atom stereocenters. The summed E-state index contributed by atoms with van der Waals surface area (Å²) in [6.45, 7) is 4.31. The molecule has 7 nitrogen and oxygen atoms in total. The van der Waals surface area contributed by atoms with E-state index in [1.165, 1.54) is 12.1 Å². The highest BCUT2D eigenvalue weighted by molar-refractivity contribution is 5.97. The molecule has 1 aromatic heterocycles. The topological polar surface area (TPSA) is 87.6 Å². The summed E-state index contributed by atoms with van der Waals surface area (Å²) < 4.78 is 47.4. The second-order valence-corrected chi connectivity index (χ2v) is 9.24. The summed E-state index contributed by atoms with van der Waals surface area (Å²) in [7, 11) is 0. The highest BCUT2D eigenvalue weighted by Gasteiger charge is 2.27. The lowest BCUT2D eigenvalue weighted by molar-refractivity contribution is -0.133. The van der Waals surface area contributed by atoms with Crippen molar-refractivity contribution in [2.24, 2.45) is 0 Å². The van der Waals surface area contributed by atoms with Gasteiger partial charge in [-0.15, -0.1) is 0 Å². The minimum atomic E-state index is -2.91. The summed E-state index contributed by atoms with van der Waals surface area (Å²) in [5.74, 6) is 0.496. The van der Waals surface area contributed by atoms with Crippen molar-refractivity contribution in [1.82, 2.24) is 14.9 Å². The third-order valence-corrected chi connectivity index (χ3v) is 6.91. The highest BCUT2D eigenvalue weighted by atomic mass is 19.3. The number of hydrogen-bond acceptors (Lipinski definition) is 6. The maximum Gasteiger partial charge on any atom is 0.266 e. The molecule has 3 heterocycles. The zero-order valence-electron chi connectivity index (χ0n) is 20.5. The number of fused-ring (bicyclic) bond motifs is 3. The molecule has 0 bridgehead atoms. The summed E-state index contributed by atoms with van der Waals surface area (Å²) in [5, 5.41) is 13.1. The van der Waals surface area contributed by atoms with Crippen LogP contribution in [0.4, 0.5) is 19.0 Å². The number of amides is 1. The predicted molar refractivity (Wildman–Crippen MR) is 133 cm³/mol. The number of aromatic nitrogens is 2. The quantitative estimate of drug-likeness (QED) is 0.497. The lowest BCUT2D eigenvalue weighted by Gasteiger charge is -2.27. The number of benzene rings is 2. The van der Waals surface area contributed by atoms with E-state index in [0.717, 1.165) is 39.4 Å². The SMILES string of the molecule is Cc1nc(N[C@H](C)c2cccc(C(F)F)c2F)c2cc(C3=CCN(C(=O)CO)CC3)c3c(c2n1)CCO3. The van der Waals surface area contributed by atoms with Crippen LogP contribution in [0.3, 0.4) is 0 Å². The van der Waals surface area contributed by atoms with Gasteiger partial charge in [0, 0.05) is 41.6 Å². The number of anilines is 1. The number of rotatable bonds is 6. The van der Waals surface area contributed by atoms with E-state index in [4.69, 9.17) is 9.84 Å². The van der Waals surface area contributed by atoms with Crippen molar-refractivity contribution >= 4 is 28.2 Å². The molecule has 194 valence electrons. The van der Waals surface area contributed by atoms with Crippen LogP contribution in [0.25, 0.3) is 16.5 Å². The summed E-state index contributed by atoms with van der Waals surface area (Å²) in [6, 6.07) is 5.29. The molecule has 2 aliphatic heterocycles. The number of nitrogens with zero attached hydrogens (tertiary/aromatic N) is 3. The second kappa shape index (κ2) is 10.0. The first-order valence-electron chi connectivity index (χ1n) is 12.2. The lowest BCUT2D eigenvalue weighted by atomic mass is 9.93. The standard InChI is InChI=1S/C27H27F3N4O3/c1-14(17-4-3-5-18(23(17)28)26(29)30)31-27-21-12-20(16-6-9-34(10-7-16)22(36)13-35)25-19(8-11-37-25)24(21)32-15(2)33-27/h3-6,12,14,26,35H,7-11,13H2,1-2H3,(H,31,32,33)/t14-/m1/s1. The Labute approximate surface area is 212 Å². The van der Waals surface area contributed by atoms with Gasteiger partial charge in [0.15, 0.2) is 0 Å². The van der Waals surface area contributed by atoms with Gasteiger partial charge in [0.2, 0.25) is 5.91 Å². The highest BCUT2D eigenvalue weighted by Crippen LogP contribution is 2.42. The van der Waals surface area contributed by atoms with Gasteiger partial charge in [-0.3, -0.25) is 4.79 Å². The Morgan fingerprint density at radius 2 is 2.03 bits per heavy atom. The van der Waals surface area contributed by atoms with Crippen LogP contribution >= 0.6 is 0 Å². The molecule has 1 atom stereocenters. The Balaban J connectivity index is 1.57. The molecule has 2 aromatic carbocycles. The van der Waals surface area contributed by atoms with Crippen molar-refractivity contribution in [1.29, 1.82) is 0 Å². The number of carbonyl (C=O) groups excluding carboxylic acids is 1. The Kier molecular flexibility index (Phi) is 6.76. The Morgan fingerprint density at radius 1 is 1.24 bits per heavy atom. The summed E-state index contributed by atoms with van der Waals surface area (Å²) >= 11 is 0. The molecule has 3 aromatic rings. The molecule has 0 aliphatic carbocycles. The van der Waals surface area contributed by atoms with Crippen LogP contribution in [0.2, 0.25) is 0 Å². The molecule has 2 aliphatic rings. The first-order valence-corrected chi connectivity index (χ1v) is 12.2. The van der Waals surface area contributed by atoms with Crippen LogP contribution in [0, 0.1) is 12.7 Å². The van der Waals surface area contributed by atoms with E-state index in [1.807, 2.05) is 12.1 Å². The van der Waals surface area contributed by atoms with Gasteiger partial charge in [-0.05, 0) is 31.9 Å². The van der Waals surface area contributed by atoms with E-state index >= 15 is 0 Å². The summed E-state index contributed by atoms with van der Waals surface area (Å²) in [4.78, 5) is 22.7. The molecule has 37 heavy (non-hydrogen) atoms. The van der Waals surface area contributed by atoms with E-state index in [1.54, 1.807) is 18.7 Å². The molecule has 0 spiro atoms. The third-order valence-electron chi connectivity index (χ3n) is 6.91. The zero-order chi connectivity index (χ0) is 26.3. The molecule has 0 saturated carbocycles. The van der Waals surface area contributed by atoms with Crippen molar-refractivity contribution < 1.29 is 27.8 Å². The molecule has 2 N–H and O–H groups in total. The fourth-order valence-corrected chi connectivity index (χ4v) is 5.02. The first-order chi connectivity index (χ1) is 17.8. The van der Waals surface area contributed by atoms with E-state index in [9.17, 15) is 18.0 Å². The third kappa shape index (κ3) is 4.61. The summed E-state index contributed by atoms with van der Waals surface area (Å²) in [5.41, 5.74) is 3.06. The molecule has 10 heteroatoms. The fourth-order valence-electron chi connectivity index (χ4n) is 5.02. The molecule has 0 saturated heterocycles. The van der Waals surface area contributed by atoms with E-state index in [0.29, 0.717) is 44.2 Å². The maximum absolute atomic E-state index is 14.9. The smallest absolute Gasteiger partial charge is 0.266 e. The molecule has 0 radical (unpaired) electrons. The van der Waals surface area contributed by atoms with E-state index < -0.39 is 30.5 Å². The Hall–Kier alpha value is -3.66. The van der Waals surface area contributed by atoms with Gasteiger partial charge in [-0.2, -0.15) is 0 Å². The van der Waals surface area contributed by atoms with Crippen molar-refractivity contribution in [3.05, 3.63) is 64.2 Å². The van der Waals surface area contributed by atoms with Crippen LogP contribution in [0.15, 0.2) is 30.3 Å². The minimum Gasteiger partial charge on any atom is -0.492 e. The fraction of sp³-hybridized carbons (Fsp3) is 0.370. The van der Waals surface area contributed by atoms with E-state index in [2.05, 4.69) is 15.3 Å². The van der Waals surface area contributed by atoms with Crippen LogP contribution in [0.5, 0.6) is 5.75 Å². The van der Waals surface area contributed by atoms with Gasteiger partial charge < -0.3 is 20.1 Å². The number of carbonyl (C=O) groups is 1. The normalized spacial score (nSPS) is 16.0. The van der Waals surface area contributed by atoms with Crippen LogP contribution in [0.1, 0.15) is 53.9 Å². The molecule has 0 fully saturated rings. The number of alkyl halides is 2. The number of aryl methyl sites for hydroxylation is 1. The van der Waals surface area contributed by atoms with Crippen LogP contribution in [-0.2, 0) is 11.2 Å². The van der Waals surface area contributed by atoms with Gasteiger partial charge in [0.05, 0.1) is 23.7 Å². The monoisotopic (exact) mass is 512 g/mol. The average molecular weight is 513 g/mol. The number of nitrogens with one attached hydrogen (secondary N) is 1. The second-order valence-electron chi connectivity index (χ2n) is 9.24. The van der Waals surface area contributed by atoms with Gasteiger partial charge >= 0.3 is 0 Å².